The first-order chi connectivity index (χ1) is 10.9. The van der Waals surface area contributed by atoms with Crippen molar-refractivity contribution in [2.45, 2.75) is 0 Å². The Balaban J connectivity index is 0.00000576. The Hall–Kier alpha value is -2.73. The van der Waals surface area contributed by atoms with E-state index in [0.717, 1.165) is 0 Å². The molecule has 0 saturated heterocycles. The van der Waals surface area contributed by atoms with Crippen LogP contribution in [0.3, 0.4) is 0 Å². The molecule has 0 aromatic heterocycles. The monoisotopic (exact) mass is 517 g/mol. The molecule has 0 aliphatic carbocycles. The Labute approximate surface area is 165 Å². The third-order valence-electron chi connectivity index (χ3n) is 2.78. The summed E-state index contributed by atoms with van der Waals surface area (Å²) in [6.45, 7) is 0. The number of carbonyl (C=O) groups is 6. The van der Waals surface area contributed by atoms with Crippen LogP contribution in [-0.4, -0.2) is 66.5 Å². The van der Waals surface area contributed by atoms with Gasteiger partial charge in [-0.1, -0.05) is 0 Å². The van der Waals surface area contributed by atoms with E-state index in [1.165, 1.54) is 0 Å². The van der Waals surface area contributed by atoms with E-state index < -0.39 is 69.2 Å². The average molecular weight is 517 g/mol. The van der Waals surface area contributed by atoms with E-state index in [-0.39, 0.29) is 36.9 Å². The van der Waals surface area contributed by atoms with Crippen molar-refractivity contribution in [3.05, 3.63) is 33.4 Å². The molecule has 25 heavy (non-hydrogen) atoms. The van der Waals surface area contributed by atoms with Crippen molar-refractivity contribution >= 4 is 35.8 Å². The van der Waals surface area contributed by atoms with Crippen molar-refractivity contribution in [3.8, 4) is 0 Å². The molecule has 0 amide bonds. The van der Waals surface area contributed by atoms with Gasteiger partial charge in [-0.2, -0.15) is 0 Å². The van der Waals surface area contributed by atoms with Crippen molar-refractivity contribution in [1.82, 2.24) is 0 Å². The van der Waals surface area contributed by atoms with Crippen LogP contribution in [0.2, 0.25) is 0 Å². The molecule has 0 fully saturated rings. The van der Waals surface area contributed by atoms with Gasteiger partial charge in [-0.05, 0) is 0 Å². The van der Waals surface area contributed by atoms with Gasteiger partial charge in [0.25, 0.3) is 0 Å². The van der Waals surface area contributed by atoms with Gasteiger partial charge >= 0.3 is 35.8 Å². The summed E-state index contributed by atoms with van der Waals surface area (Å²) in [5.74, 6) is -13.5. The van der Waals surface area contributed by atoms with E-state index in [2.05, 4.69) is 0 Å². The molecule has 1 rings (SSSR count). The number of carboxylic acid groups (broad SMARTS) is 6. The molecular weight excluding hydrogens is 511 g/mol. The van der Waals surface area contributed by atoms with E-state index in [0.29, 0.717) is 0 Å². The van der Waals surface area contributed by atoms with Crippen LogP contribution >= 0.6 is 0 Å². The summed E-state index contributed by atoms with van der Waals surface area (Å²) in [4.78, 5) is 67.3. The molecule has 13 heteroatoms. The van der Waals surface area contributed by atoms with Crippen LogP contribution in [0.25, 0.3) is 0 Å². The van der Waals surface area contributed by atoms with Gasteiger partial charge in [0.15, 0.2) is 0 Å². The summed E-state index contributed by atoms with van der Waals surface area (Å²) in [5.41, 5.74) is -9.95. The Morgan fingerprint density at radius 1 is 0.360 bits per heavy atom. The predicted molar refractivity (Wildman–Crippen MR) is 68.2 cm³/mol. The molecule has 0 aliphatic heterocycles. The molecule has 1 aromatic rings. The maximum atomic E-state index is 11.2. The van der Waals surface area contributed by atoms with Gasteiger partial charge in [-0.25, -0.2) is 28.8 Å². The van der Waals surface area contributed by atoms with E-state index in [1.807, 2.05) is 0 Å². The van der Waals surface area contributed by atoms with Crippen LogP contribution < -0.4 is 0 Å². The van der Waals surface area contributed by atoms with Crippen molar-refractivity contribution in [1.29, 1.82) is 0 Å². The van der Waals surface area contributed by atoms with Gasteiger partial charge in [-0.3, -0.25) is 0 Å². The molecule has 0 unspecified atom stereocenters. The maximum Gasteiger partial charge on any atom is 0.337 e. The zero-order valence-corrected chi connectivity index (χ0v) is 13.0. The smallest absolute Gasteiger partial charge is 0.337 e. The molecule has 0 heterocycles. The topological polar surface area (TPSA) is 224 Å². The molecule has 1 aromatic carbocycles. The Bertz CT molecular complexity index is 639. The van der Waals surface area contributed by atoms with Crippen LogP contribution in [0.4, 0.5) is 0 Å². The number of hydrogen-bond donors (Lipinski definition) is 6. The van der Waals surface area contributed by atoms with E-state index in [1.54, 1.807) is 0 Å². The predicted octanol–water partition coefficient (Wildman–Crippen LogP) is -0.124. The second-order valence-electron chi connectivity index (χ2n) is 4.08. The molecule has 0 atom stereocenters. The van der Waals surface area contributed by atoms with Crippen molar-refractivity contribution in [3.63, 3.8) is 0 Å². The summed E-state index contributed by atoms with van der Waals surface area (Å²) in [6, 6.07) is 0. The van der Waals surface area contributed by atoms with E-state index >= 15 is 0 Å². The first kappa shape index (κ1) is 22.3. The molecule has 12 nitrogen and oxygen atoms in total. The van der Waals surface area contributed by atoms with Crippen LogP contribution in [-0.2, 0) is 0 Å². The van der Waals surface area contributed by atoms with Gasteiger partial charge in [0.2, 0.25) is 0 Å². The van der Waals surface area contributed by atoms with Crippen molar-refractivity contribution < 1.29 is 96.3 Å². The fraction of sp³-hybridized carbons (Fsp3) is 0. The zero-order valence-electron chi connectivity index (χ0n) is 11.4. The standard InChI is InChI=1S/C12H6O12.Lu/c13-7(14)1-2(8(15)16)4(10(19)20)6(12(23)24)5(11(21)22)3(1)9(17)18;/h(H,13,14)(H,15,16)(H,17,18)(H,19,20)(H,21,22)(H,23,24);. The molecule has 0 aliphatic rings. The van der Waals surface area contributed by atoms with Gasteiger partial charge < -0.3 is 30.6 Å². The molecule has 141 valence electrons. The summed E-state index contributed by atoms with van der Waals surface area (Å²) in [5, 5.41) is 54.2. The van der Waals surface area contributed by atoms with Crippen LogP contribution in [0.1, 0.15) is 62.1 Å². The molecule has 0 saturated carbocycles. The number of carboxylic acids is 6. The quantitative estimate of drug-likeness (QED) is 0.291. The van der Waals surface area contributed by atoms with E-state index in [4.69, 9.17) is 30.6 Å². The summed E-state index contributed by atoms with van der Waals surface area (Å²) in [7, 11) is 0. The van der Waals surface area contributed by atoms with Gasteiger partial charge in [0.1, 0.15) is 0 Å². The molecule has 6 N–H and O–H groups in total. The Morgan fingerprint density at radius 3 is 0.480 bits per heavy atom. The molecule has 0 spiro atoms. The zero-order chi connectivity index (χ0) is 18.9. The van der Waals surface area contributed by atoms with Crippen molar-refractivity contribution in [2.24, 2.45) is 0 Å². The molecular formula is C12H6LuO12. The molecule has 1 radical (unpaired) electrons. The fourth-order valence-electron chi connectivity index (χ4n) is 2.03. The SMILES string of the molecule is O=C(O)c1c(C(=O)O)c(C(=O)O)c(C(=O)O)c(C(=O)O)c1C(=O)O.[Lu]. The largest absolute Gasteiger partial charge is 0.478 e. The maximum absolute atomic E-state index is 11.2. The second kappa shape index (κ2) is 7.90. The summed E-state index contributed by atoms with van der Waals surface area (Å²) in [6.07, 6.45) is 0. The number of hydrogen-bond acceptors (Lipinski definition) is 6. The van der Waals surface area contributed by atoms with Gasteiger partial charge in [-0.15, -0.1) is 0 Å². The minimum absolute atomic E-state index is 0. The van der Waals surface area contributed by atoms with Crippen LogP contribution in [0.15, 0.2) is 0 Å². The number of rotatable bonds is 6. The summed E-state index contributed by atoms with van der Waals surface area (Å²) < 4.78 is 0. The Morgan fingerprint density at radius 2 is 0.440 bits per heavy atom. The minimum Gasteiger partial charge on any atom is -0.478 e. The summed E-state index contributed by atoms with van der Waals surface area (Å²) >= 11 is 0. The molecule has 0 bridgehead atoms. The normalized spacial score (nSPS) is 9.60. The first-order valence-corrected chi connectivity index (χ1v) is 5.57. The fourth-order valence-corrected chi connectivity index (χ4v) is 2.03. The third kappa shape index (κ3) is 3.86. The van der Waals surface area contributed by atoms with Gasteiger partial charge in [0.05, 0.1) is 33.4 Å². The van der Waals surface area contributed by atoms with Gasteiger partial charge in [0, 0.05) is 36.9 Å². The third-order valence-corrected chi connectivity index (χ3v) is 2.78. The second-order valence-corrected chi connectivity index (χ2v) is 4.08. The van der Waals surface area contributed by atoms with E-state index in [9.17, 15) is 28.8 Å². The first-order valence-electron chi connectivity index (χ1n) is 5.57. The van der Waals surface area contributed by atoms with Crippen molar-refractivity contribution in [2.75, 3.05) is 0 Å². The van der Waals surface area contributed by atoms with Crippen LogP contribution in [0.5, 0.6) is 0 Å². The minimum atomic E-state index is -2.26. The average Bonchev–Trinajstić information content (AvgIpc) is 2.42. The Kier molecular flexibility index (Phi) is 7.04. The van der Waals surface area contributed by atoms with Crippen LogP contribution in [0, 0.1) is 36.9 Å². The number of aromatic carboxylic acids is 6. The number of benzene rings is 1.